The van der Waals surface area contributed by atoms with Gasteiger partial charge in [-0.25, -0.2) is 17.9 Å². The molecule has 1 aliphatic rings. The number of nitrogens with two attached hydrogens (primary N) is 1. The summed E-state index contributed by atoms with van der Waals surface area (Å²) in [6, 6.07) is 3.87. The molecule has 0 aliphatic heterocycles. The average Bonchev–Trinajstić information content (AvgIpc) is 2.54. The van der Waals surface area contributed by atoms with Crippen LogP contribution >= 0.6 is 0 Å². The molecule has 0 radical (unpaired) electrons. The van der Waals surface area contributed by atoms with Crippen LogP contribution in [-0.4, -0.2) is 31.0 Å². The second-order valence-electron chi connectivity index (χ2n) is 6.12. The van der Waals surface area contributed by atoms with E-state index in [0.29, 0.717) is 12.1 Å². The quantitative estimate of drug-likeness (QED) is 0.614. The predicted molar refractivity (Wildman–Crippen MR) is 90.3 cm³/mol. The number of aromatic nitrogens is 2. The van der Waals surface area contributed by atoms with E-state index in [4.69, 9.17) is 5.73 Å². The first kappa shape index (κ1) is 16.9. The van der Waals surface area contributed by atoms with Crippen LogP contribution in [0.4, 0.5) is 0 Å². The highest BCUT2D eigenvalue weighted by Crippen LogP contribution is 2.25. The number of rotatable bonds is 4. The Bertz CT molecular complexity index is 963. The van der Waals surface area contributed by atoms with Crippen molar-refractivity contribution in [2.75, 3.05) is 6.54 Å². The smallest absolute Gasteiger partial charge is 0.326 e. The van der Waals surface area contributed by atoms with E-state index >= 15 is 0 Å². The molecule has 0 bridgehead atoms. The molecule has 2 unspecified atom stereocenters. The van der Waals surface area contributed by atoms with Gasteiger partial charge in [0.2, 0.25) is 10.0 Å². The maximum Gasteiger partial charge on any atom is 0.326 e. The first-order valence-electron chi connectivity index (χ1n) is 7.89. The van der Waals surface area contributed by atoms with Gasteiger partial charge in [-0.1, -0.05) is 12.8 Å². The van der Waals surface area contributed by atoms with Gasteiger partial charge in [-0.2, -0.15) is 0 Å². The summed E-state index contributed by atoms with van der Waals surface area (Å²) in [5.74, 6) is 0.119. The molecule has 24 heavy (non-hydrogen) atoms. The molecule has 8 nitrogen and oxygen atoms in total. The molecule has 9 heteroatoms. The number of fused-ring (bicyclic) bond motifs is 1. The standard InChI is InChI=1S/C15H20N4O4S/c16-8-9-3-1-2-4-12(9)19-24(22,23)10-5-6-13-11(7-10)14(20)18-15(21)17-13/h5-7,9,12,19H,1-4,8,16H2,(H2,17,18,20,21). The molecule has 1 aliphatic carbocycles. The van der Waals surface area contributed by atoms with Crippen LogP contribution in [0, 0.1) is 5.92 Å². The van der Waals surface area contributed by atoms with Crippen molar-refractivity contribution < 1.29 is 8.42 Å². The molecule has 1 saturated carbocycles. The number of H-pyrrole nitrogens is 2. The Morgan fingerprint density at radius 2 is 1.92 bits per heavy atom. The summed E-state index contributed by atoms with van der Waals surface area (Å²) in [4.78, 5) is 27.7. The summed E-state index contributed by atoms with van der Waals surface area (Å²) in [5.41, 5.74) is 4.79. The highest BCUT2D eigenvalue weighted by molar-refractivity contribution is 7.89. The van der Waals surface area contributed by atoms with Crippen LogP contribution in [0.15, 0.2) is 32.7 Å². The third kappa shape index (κ3) is 3.28. The molecule has 3 rings (SSSR count). The summed E-state index contributed by atoms with van der Waals surface area (Å²) < 4.78 is 28.0. The number of aromatic amines is 2. The summed E-state index contributed by atoms with van der Waals surface area (Å²) in [5, 5.41) is 0.122. The molecule has 5 N–H and O–H groups in total. The van der Waals surface area contributed by atoms with Crippen LogP contribution in [0.1, 0.15) is 25.7 Å². The van der Waals surface area contributed by atoms with E-state index in [1.807, 2.05) is 0 Å². The van der Waals surface area contributed by atoms with E-state index in [-0.39, 0.29) is 22.2 Å². The van der Waals surface area contributed by atoms with Crippen LogP contribution < -0.4 is 21.7 Å². The second kappa shape index (κ2) is 6.50. The Morgan fingerprint density at radius 1 is 1.17 bits per heavy atom. The van der Waals surface area contributed by atoms with E-state index in [1.165, 1.54) is 18.2 Å². The van der Waals surface area contributed by atoms with Crippen molar-refractivity contribution in [3.05, 3.63) is 39.0 Å². The SMILES string of the molecule is NCC1CCCCC1NS(=O)(=O)c1ccc2[nH]c(=O)[nH]c(=O)c2c1. The van der Waals surface area contributed by atoms with Gasteiger partial charge in [-0.3, -0.25) is 9.78 Å². The Morgan fingerprint density at radius 3 is 2.67 bits per heavy atom. The average molecular weight is 352 g/mol. The molecule has 0 saturated heterocycles. The first-order valence-corrected chi connectivity index (χ1v) is 9.38. The maximum atomic E-state index is 12.6. The Labute approximate surface area is 138 Å². The Hall–Kier alpha value is -1.97. The van der Waals surface area contributed by atoms with Gasteiger partial charge < -0.3 is 10.7 Å². The van der Waals surface area contributed by atoms with Crippen LogP contribution in [0.25, 0.3) is 10.9 Å². The van der Waals surface area contributed by atoms with E-state index in [9.17, 15) is 18.0 Å². The van der Waals surface area contributed by atoms with Gasteiger partial charge in [0.25, 0.3) is 5.56 Å². The molecule has 2 atom stereocenters. The lowest BCUT2D eigenvalue weighted by Crippen LogP contribution is -2.44. The van der Waals surface area contributed by atoms with E-state index in [0.717, 1.165) is 25.7 Å². The number of hydrogen-bond donors (Lipinski definition) is 4. The molecule has 1 aromatic carbocycles. The van der Waals surface area contributed by atoms with Gasteiger partial charge in [-0.15, -0.1) is 0 Å². The fourth-order valence-corrected chi connectivity index (χ4v) is 4.59. The highest BCUT2D eigenvalue weighted by atomic mass is 32.2. The van der Waals surface area contributed by atoms with Crippen molar-refractivity contribution in [1.82, 2.24) is 14.7 Å². The van der Waals surface area contributed by atoms with Gasteiger partial charge in [0.05, 0.1) is 15.8 Å². The lowest BCUT2D eigenvalue weighted by atomic mass is 9.85. The van der Waals surface area contributed by atoms with Crippen LogP contribution in [0.3, 0.4) is 0 Å². The third-order valence-corrected chi connectivity index (χ3v) is 6.03. The van der Waals surface area contributed by atoms with Gasteiger partial charge in [0, 0.05) is 6.04 Å². The number of hydrogen-bond acceptors (Lipinski definition) is 5. The molecular weight excluding hydrogens is 332 g/mol. The molecular formula is C15H20N4O4S. The maximum absolute atomic E-state index is 12.6. The van der Waals surface area contributed by atoms with Gasteiger partial charge in [0.15, 0.2) is 0 Å². The van der Waals surface area contributed by atoms with Gasteiger partial charge in [-0.05, 0) is 43.5 Å². The van der Waals surface area contributed by atoms with Crippen LogP contribution in [0.5, 0.6) is 0 Å². The van der Waals surface area contributed by atoms with Crippen molar-refractivity contribution in [1.29, 1.82) is 0 Å². The Kier molecular flexibility index (Phi) is 4.57. The molecule has 0 spiro atoms. The minimum atomic E-state index is -3.77. The zero-order chi connectivity index (χ0) is 17.3. The van der Waals surface area contributed by atoms with Crippen LogP contribution in [0.2, 0.25) is 0 Å². The fraction of sp³-hybridized carbons (Fsp3) is 0.467. The molecule has 130 valence electrons. The largest absolute Gasteiger partial charge is 0.330 e. The Balaban J connectivity index is 1.96. The summed E-state index contributed by atoms with van der Waals surface area (Å²) >= 11 is 0. The lowest BCUT2D eigenvalue weighted by molar-refractivity contribution is 0.296. The molecule has 0 amide bonds. The van der Waals surface area contributed by atoms with Crippen molar-refractivity contribution in [3.63, 3.8) is 0 Å². The van der Waals surface area contributed by atoms with Crippen molar-refractivity contribution in [2.24, 2.45) is 11.7 Å². The minimum absolute atomic E-state index is 0.00565. The molecule has 1 heterocycles. The zero-order valence-corrected chi connectivity index (χ0v) is 13.9. The minimum Gasteiger partial charge on any atom is -0.330 e. The molecule has 1 fully saturated rings. The molecule has 2 aromatic rings. The van der Waals surface area contributed by atoms with E-state index in [2.05, 4.69) is 14.7 Å². The molecule has 1 aromatic heterocycles. The summed E-state index contributed by atoms with van der Waals surface area (Å²) in [6.07, 6.45) is 3.67. The van der Waals surface area contributed by atoms with Gasteiger partial charge in [0.1, 0.15) is 0 Å². The normalized spacial score (nSPS) is 21.9. The lowest BCUT2D eigenvalue weighted by Gasteiger charge is -2.31. The van der Waals surface area contributed by atoms with Gasteiger partial charge >= 0.3 is 5.69 Å². The highest BCUT2D eigenvalue weighted by Gasteiger charge is 2.28. The monoisotopic (exact) mass is 352 g/mol. The summed E-state index contributed by atoms with van der Waals surface area (Å²) in [7, 11) is -3.77. The predicted octanol–water partition coefficient (Wildman–Crippen LogP) is 0.0122. The summed E-state index contributed by atoms with van der Waals surface area (Å²) in [6.45, 7) is 0.436. The number of sulfonamides is 1. The van der Waals surface area contributed by atoms with E-state index < -0.39 is 21.3 Å². The van der Waals surface area contributed by atoms with Crippen molar-refractivity contribution in [2.45, 2.75) is 36.6 Å². The fourth-order valence-electron chi connectivity index (χ4n) is 3.22. The first-order chi connectivity index (χ1) is 11.4. The zero-order valence-electron chi connectivity index (χ0n) is 13.0. The number of benzene rings is 1. The van der Waals surface area contributed by atoms with Crippen LogP contribution in [-0.2, 0) is 10.0 Å². The van der Waals surface area contributed by atoms with Crippen molar-refractivity contribution >= 4 is 20.9 Å². The van der Waals surface area contributed by atoms with Crippen molar-refractivity contribution in [3.8, 4) is 0 Å². The number of nitrogens with one attached hydrogen (secondary N) is 3. The third-order valence-electron chi connectivity index (χ3n) is 4.54. The van der Waals surface area contributed by atoms with E-state index in [1.54, 1.807) is 0 Å². The second-order valence-corrected chi connectivity index (χ2v) is 7.84. The topological polar surface area (TPSA) is 138 Å².